The van der Waals surface area contributed by atoms with Gasteiger partial charge in [0.15, 0.2) is 6.10 Å². The molecule has 1 aliphatic heterocycles. The van der Waals surface area contributed by atoms with Crippen molar-refractivity contribution in [3.05, 3.63) is 0 Å². The number of rotatable bonds is 4. The van der Waals surface area contributed by atoms with Crippen molar-refractivity contribution in [3.63, 3.8) is 0 Å². The molecule has 2 atom stereocenters. The number of likely N-dealkylation sites (N-methyl/N-ethyl adjacent to an activating group) is 1. The number of hydrogen-bond donors (Lipinski definition) is 1. The van der Waals surface area contributed by atoms with Crippen LogP contribution in [0.2, 0.25) is 0 Å². The first kappa shape index (κ1) is 11.4. The molecule has 0 radical (unpaired) electrons. The molecular formula is C9H17NO4. The normalized spacial score (nSPS) is 26.0. The highest BCUT2D eigenvalue weighted by atomic mass is 16.5. The maximum atomic E-state index is 10.5. The molecule has 0 amide bonds. The maximum absolute atomic E-state index is 10.5. The van der Waals surface area contributed by atoms with Crippen molar-refractivity contribution in [2.24, 2.45) is 0 Å². The second-order valence-corrected chi connectivity index (χ2v) is 3.57. The molecule has 5 heteroatoms. The summed E-state index contributed by atoms with van der Waals surface area (Å²) >= 11 is 0. The summed E-state index contributed by atoms with van der Waals surface area (Å²) in [5.41, 5.74) is 0. The molecule has 0 aromatic rings. The molecule has 0 saturated carbocycles. The number of carboxylic acids is 1. The number of nitrogens with zero attached hydrogens (tertiary/aromatic N) is 1. The highest BCUT2D eigenvalue weighted by Gasteiger charge is 2.20. The van der Waals surface area contributed by atoms with Gasteiger partial charge in [0.1, 0.15) is 0 Å². The van der Waals surface area contributed by atoms with Crippen LogP contribution in [0, 0.1) is 0 Å². The van der Waals surface area contributed by atoms with Crippen LogP contribution in [-0.4, -0.2) is 61.5 Å². The van der Waals surface area contributed by atoms with Gasteiger partial charge in [-0.05, 0) is 14.0 Å². The molecule has 1 heterocycles. The molecule has 1 saturated heterocycles. The van der Waals surface area contributed by atoms with Crippen LogP contribution in [0.25, 0.3) is 0 Å². The molecule has 0 aromatic heterocycles. The summed E-state index contributed by atoms with van der Waals surface area (Å²) < 4.78 is 10.6. The summed E-state index contributed by atoms with van der Waals surface area (Å²) in [5, 5.41) is 8.59. The second kappa shape index (κ2) is 5.29. The lowest BCUT2D eigenvalue weighted by atomic mass is 10.3. The molecule has 1 fully saturated rings. The van der Waals surface area contributed by atoms with E-state index in [0.29, 0.717) is 13.2 Å². The Balaban J connectivity index is 2.20. The average Bonchev–Trinajstić information content (AvgIpc) is 2.14. The number of hydrogen-bond acceptors (Lipinski definition) is 4. The van der Waals surface area contributed by atoms with E-state index >= 15 is 0 Å². The Kier molecular flexibility index (Phi) is 4.31. The van der Waals surface area contributed by atoms with Gasteiger partial charge >= 0.3 is 5.97 Å². The fraction of sp³-hybridized carbons (Fsp3) is 0.889. The van der Waals surface area contributed by atoms with Gasteiger partial charge in [0.25, 0.3) is 0 Å². The van der Waals surface area contributed by atoms with E-state index in [1.807, 2.05) is 7.05 Å². The Hall–Kier alpha value is -0.650. The van der Waals surface area contributed by atoms with E-state index < -0.39 is 12.1 Å². The highest BCUT2D eigenvalue weighted by molar-refractivity contribution is 5.71. The van der Waals surface area contributed by atoms with Gasteiger partial charge in [-0.25, -0.2) is 4.79 Å². The molecular weight excluding hydrogens is 186 g/mol. The van der Waals surface area contributed by atoms with Crippen molar-refractivity contribution in [1.29, 1.82) is 0 Å². The molecule has 1 unspecified atom stereocenters. The summed E-state index contributed by atoms with van der Waals surface area (Å²) in [5.74, 6) is -0.936. The lowest BCUT2D eigenvalue weighted by Gasteiger charge is -2.30. The van der Waals surface area contributed by atoms with Gasteiger partial charge in [0, 0.05) is 13.1 Å². The third-order valence-corrected chi connectivity index (χ3v) is 2.22. The Labute approximate surface area is 83.6 Å². The average molecular weight is 203 g/mol. The molecule has 82 valence electrons. The number of morpholine rings is 1. The van der Waals surface area contributed by atoms with Crippen molar-refractivity contribution < 1.29 is 19.4 Å². The van der Waals surface area contributed by atoms with Gasteiger partial charge in [-0.3, -0.25) is 0 Å². The summed E-state index contributed by atoms with van der Waals surface area (Å²) in [6.45, 7) is 4.27. The summed E-state index contributed by atoms with van der Waals surface area (Å²) in [4.78, 5) is 12.6. The molecule has 1 rings (SSSR count). The van der Waals surface area contributed by atoms with Crippen LogP contribution >= 0.6 is 0 Å². The van der Waals surface area contributed by atoms with E-state index in [-0.39, 0.29) is 6.10 Å². The monoisotopic (exact) mass is 203 g/mol. The van der Waals surface area contributed by atoms with Gasteiger partial charge in [0.05, 0.1) is 19.3 Å². The Morgan fingerprint density at radius 3 is 3.07 bits per heavy atom. The Bertz CT molecular complexity index is 197. The van der Waals surface area contributed by atoms with Crippen LogP contribution in [0.1, 0.15) is 6.92 Å². The first-order valence-corrected chi connectivity index (χ1v) is 4.74. The Morgan fingerprint density at radius 2 is 2.50 bits per heavy atom. The summed E-state index contributed by atoms with van der Waals surface area (Å²) in [6.07, 6.45) is -0.763. The smallest absolute Gasteiger partial charge is 0.332 e. The minimum atomic E-state index is -0.936. The molecule has 1 aliphatic rings. The molecule has 5 nitrogen and oxygen atoms in total. The third kappa shape index (κ3) is 3.61. The van der Waals surface area contributed by atoms with Crippen LogP contribution < -0.4 is 0 Å². The van der Waals surface area contributed by atoms with Crippen molar-refractivity contribution in [2.45, 2.75) is 19.1 Å². The zero-order valence-corrected chi connectivity index (χ0v) is 8.60. The van der Waals surface area contributed by atoms with E-state index in [2.05, 4.69) is 4.90 Å². The van der Waals surface area contributed by atoms with Gasteiger partial charge in [-0.1, -0.05) is 0 Å². The topological polar surface area (TPSA) is 59.0 Å². The van der Waals surface area contributed by atoms with Crippen LogP contribution in [0.4, 0.5) is 0 Å². The van der Waals surface area contributed by atoms with Crippen molar-refractivity contribution in [3.8, 4) is 0 Å². The Morgan fingerprint density at radius 1 is 1.79 bits per heavy atom. The quantitative estimate of drug-likeness (QED) is 0.686. The molecule has 1 N–H and O–H groups in total. The van der Waals surface area contributed by atoms with Crippen LogP contribution in [-0.2, 0) is 14.3 Å². The molecule has 0 bridgehead atoms. The zero-order valence-electron chi connectivity index (χ0n) is 8.60. The SMILES string of the molecule is C[C@H](OCC1CN(C)CCO1)C(=O)O. The van der Waals surface area contributed by atoms with Crippen LogP contribution in [0.3, 0.4) is 0 Å². The van der Waals surface area contributed by atoms with E-state index in [4.69, 9.17) is 14.6 Å². The second-order valence-electron chi connectivity index (χ2n) is 3.57. The lowest BCUT2D eigenvalue weighted by molar-refractivity contribution is -0.153. The van der Waals surface area contributed by atoms with Crippen molar-refractivity contribution >= 4 is 5.97 Å². The number of aliphatic carboxylic acids is 1. The number of carboxylic acid groups (broad SMARTS) is 1. The lowest BCUT2D eigenvalue weighted by Crippen LogP contribution is -2.43. The maximum Gasteiger partial charge on any atom is 0.332 e. The van der Waals surface area contributed by atoms with Crippen molar-refractivity contribution in [1.82, 2.24) is 4.90 Å². The first-order valence-electron chi connectivity index (χ1n) is 4.74. The first-order chi connectivity index (χ1) is 6.59. The van der Waals surface area contributed by atoms with E-state index in [1.165, 1.54) is 6.92 Å². The predicted molar refractivity (Wildman–Crippen MR) is 50.3 cm³/mol. The number of ether oxygens (including phenoxy) is 2. The molecule has 0 aromatic carbocycles. The standard InChI is InChI=1S/C9H17NO4/c1-7(9(11)12)14-6-8-5-10(2)3-4-13-8/h7-8H,3-6H2,1-2H3,(H,11,12)/t7-,8?/m0/s1. The fourth-order valence-electron chi connectivity index (χ4n) is 1.29. The largest absolute Gasteiger partial charge is 0.479 e. The van der Waals surface area contributed by atoms with E-state index in [1.54, 1.807) is 0 Å². The molecule has 0 aliphatic carbocycles. The minimum absolute atomic E-state index is 0.00412. The molecule has 0 spiro atoms. The van der Waals surface area contributed by atoms with Gasteiger partial charge < -0.3 is 19.5 Å². The van der Waals surface area contributed by atoms with Crippen LogP contribution in [0.15, 0.2) is 0 Å². The summed E-state index contributed by atoms with van der Waals surface area (Å²) in [7, 11) is 2.01. The van der Waals surface area contributed by atoms with E-state index in [0.717, 1.165) is 13.1 Å². The number of carbonyl (C=O) groups is 1. The van der Waals surface area contributed by atoms with Gasteiger partial charge in [-0.15, -0.1) is 0 Å². The molecule has 14 heavy (non-hydrogen) atoms. The zero-order chi connectivity index (χ0) is 10.6. The van der Waals surface area contributed by atoms with Crippen molar-refractivity contribution in [2.75, 3.05) is 33.4 Å². The predicted octanol–water partition coefficient (Wildman–Crippen LogP) is -0.193. The van der Waals surface area contributed by atoms with Gasteiger partial charge in [-0.2, -0.15) is 0 Å². The fourth-order valence-corrected chi connectivity index (χ4v) is 1.29. The minimum Gasteiger partial charge on any atom is -0.479 e. The highest BCUT2D eigenvalue weighted by Crippen LogP contribution is 2.04. The van der Waals surface area contributed by atoms with E-state index in [9.17, 15) is 4.79 Å². The van der Waals surface area contributed by atoms with Gasteiger partial charge in [0.2, 0.25) is 0 Å². The van der Waals surface area contributed by atoms with Crippen LogP contribution in [0.5, 0.6) is 0 Å². The third-order valence-electron chi connectivity index (χ3n) is 2.22. The summed E-state index contributed by atoms with van der Waals surface area (Å²) in [6, 6.07) is 0.